The number of esters is 1. The van der Waals surface area contributed by atoms with E-state index in [1.165, 1.54) is 0 Å². The summed E-state index contributed by atoms with van der Waals surface area (Å²) >= 11 is 0. The van der Waals surface area contributed by atoms with E-state index in [1.807, 2.05) is 4.90 Å². The second-order valence-electron chi connectivity index (χ2n) is 6.81. The van der Waals surface area contributed by atoms with Crippen molar-refractivity contribution in [2.75, 3.05) is 26.2 Å². The molecule has 0 aromatic heterocycles. The van der Waals surface area contributed by atoms with Gasteiger partial charge in [0, 0.05) is 25.6 Å². The first kappa shape index (κ1) is 19.2. The van der Waals surface area contributed by atoms with Crippen molar-refractivity contribution in [3.63, 3.8) is 0 Å². The highest BCUT2D eigenvalue weighted by molar-refractivity contribution is 5.70. The molecule has 23 heavy (non-hydrogen) atoms. The quantitative estimate of drug-likeness (QED) is 0.611. The lowest BCUT2D eigenvalue weighted by molar-refractivity contribution is -0.144. The zero-order chi connectivity index (χ0) is 17.5. The van der Waals surface area contributed by atoms with Gasteiger partial charge in [0.15, 0.2) is 0 Å². The van der Waals surface area contributed by atoms with Crippen LogP contribution in [0.4, 0.5) is 4.79 Å². The van der Waals surface area contributed by atoms with Crippen LogP contribution in [0.2, 0.25) is 0 Å². The van der Waals surface area contributed by atoms with Crippen molar-refractivity contribution in [2.24, 2.45) is 5.92 Å². The molecule has 7 nitrogen and oxygen atoms in total. The van der Waals surface area contributed by atoms with Gasteiger partial charge >= 0.3 is 12.1 Å². The zero-order valence-corrected chi connectivity index (χ0v) is 14.4. The van der Waals surface area contributed by atoms with Gasteiger partial charge in [-0.1, -0.05) is 0 Å². The normalized spacial score (nSPS) is 22.0. The van der Waals surface area contributed by atoms with E-state index in [0.29, 0.717) is 32.5 Å². The maximum Gasteiger partial charge on any atom is 0.407 e. The Morgan fingerprint density at radius 3 is 2.61 bits per heavy atom. The number of amides is 1. The Morgan fingerprint density at radius 1 is 1.35 bits per heavy atom. The first-order valence-electron chi connectivity index (χ1n) is 7.98. The number of carbonyl (C=O) groups is 2. The van der Waals surface area contributed by atoms with Gasteiger partial charge in [-0.2, -0.15) is 5.26 Å². The van der Waals surface area contributed by atoms with Gasteiger partial charge in [-0.3, -0.25) is 9.69 Å². The summed E-state index contributed by atoms with van der Waals surface area (Å²) < 4.78 is 10.3. The van der Waals surface area contributed by atoms with Gasteiger partial charge in [0.2, 0.25) is 0 Å². The van der Waals surface area contributed by atoms with E-state index in [9.17, 15) is 9.59 Å². The lowest BCUT2D eigenvalue weighted by Crippen LogP contribution is -2.52. The number of hydrogen-bond acceptors (Lipinski definition) is 6. The molecular weight excluding hydrogens is 298 g/mol. The highest BCUT2D eigenvalue weighted by Gasteiger charge is 2.30. The topological polar surface area (TPSA) is 91.7 Å². The third-order valence-electron chi connectivity index (χ3n) is 3.39. The number of hydrogen-bond donors (Lipinski definition) is 1. The van der Waals surface area contributed by atoms with Crippen molar-refractivity contribution in [1.29, 1.82) is 5.26 Å². The van der Waals surface area contributed by atoms with Crippen molar-refractivity contribution < 1.29 is 19.1 Å². The first-order chi connectivity index (χ1) is 10.7. The number of alkyl carbamates (subject to hydrolysis) is 1. The molecule has 0 spiro atoms. The summed E-state index contributed by atoms with van der Waals surface area (Å²) in [6, 6.07) is 1.97. The molecule has 0 bridgehead atoms. The molecule has 2 unspecified atom stereocenters. The summed E-state index contributed by atoms with van der Waals surface area (Å²) in [4.78, 5) is 25.5. The Balaban J connectivity index is 2.61. The first-order valence-corrected chi connectivity index (χ1v) is 7.98. The average Bonchev–Trinajstić information content (AvgIpc) is 2.36. The maximum atomic E-state index is 11.9. The van der Waals surface area contributed by atoms with Crippen molar-refractivity contribution in [2.45, 2.75) is 52.2 Å². The van der Waals surface area contributed by atoms with Crippen LogP contribution in [0, 0.1) is 17.2 Å². The molecule has 7 heteroatoms. The molecule has 0 aromatic carbocycles. The van der Waals surface area contributed by atoms with Crippen LogP contribution in [0.25, 0.3) is 0 Å². The van der Waals surface area contributed by atoms with Gasteiger partial charge in [0.1, 0.15) is 5.60 Å². The Labute approximate surface area is 137 Å². The van der Waals surface area contributed by atoms with Gasteiger partial charge in [-0.25, -0.2) is 4.79 Å². The molecule has 0 radical (unpaired) electrons. The van der Waals surface area contributed by atoms with E-state index in [-0.39, 0.29) is 24.5 Å². The average molecular weight is 325 g/mol. The Kier molecular flexibility index (Phi) is 7.30. The number of nitrogens with zero attached hydrogens (tertiary/aromatic N) is 2. The highest BCUT2D eigenvalue weighted by Crippen LogP contribution is 2.21. The third-order valence-corrected chi connectivity index (χ3v) is 3.39. The highest BCUT2D eigenvalue weighted by atomic mass is 16.6. The molecule has 0 saturated carbocycles. The molecule has 2 atom stereocenters. The molecule has 130 valence electrons. The van der Waals surface area contributed by atoms with Crippen molar-refractivity contribution >= 4 is 12.1 Å². The smallest absolute Gasteiger partial charge is 0.407 e. The van der Waals surface area contributed by atoms with E-state index in [4.69, 9.17) is 14.7 Å². The second-order valence-corrected chi connectivity index (χ2v) is 6.81. The van der Waals surface area contributed by atoms with Crippen LogP contribution in [0.15, 0.2) is 0 Å². The van der Waals surface area contributed by atoms with Crippen molar-refractivity contribution in [3.8, 4) is 6.07 Å². The molecular formula is C16H27N3O4. The fourth-order valence-electron chi connectivity index (χ4n) is 2.71. The van der Waals surface area contributed by atoms with E-state index >= 15 is 0 Å². The molecule has 1 N–H and O–H groups in total. The number of piperidine rings is 1. The minimum absolute atomic E-state index is 0.0519. The van der Waals surface area contributed by atoms with Crippen molar-refractivity contribution in [3.05, 3.63) is 0 Å². The summed E-state index contributed by atoms with van der Waals surface area (Å²) in [6.45, 7) is 9.04. The van der Waals surface area contributed by atoms with Crippen molar-refractivity contribution in [1.82, 2.24) is 10.2 Å². The third kappa shape index (κ3) is 7.84. The fourth-order valence-corrected chi connectivity index (χ4v) is 2.71. The zero-order valence-electron chi connectivity index (χ0n) is 14.4. The molecule has 1 fully saturated rings. The Bertz CT molecular complexity index is 453. The van der Waals surface area contributed by atoms with E-state index in [0.717, 1.165) is 0 Å². The SMILES string of the molecule is CCOC(=O)CC1CC(NC(=O)OC(C)(C)C)CN(CC#N)C1. The number of ether oxygens (including phenoxy) is 2. The number of likely N-dealkylation sites (tertiary alicyclic amines) is 1. The van der Waals surface area contributed by atoms with Gasteiger partial charge in [-0.15, -0.1) is 0 Å². The maximum absolute atomic E-state index is 11.9. The Hall–Kier alpha value is -1.81. The van der Waals surface area contributed by atoms with Crippen LogP contribution in [-0.2, 0) is 14.3 Å². The van der Waals surface area contributed by atoms with Gasteiger partial charge in [0.25, 0.3) is 0 Å². The number of nitrogens with one attached hydrogen (secondary N) is 1. The predicted octanol–water partition coefficient (Wildman–Crippen LogP) is 1.68. The predicted molar refractivity (Wildman–Crippen MR) is 84.6 cm³/mol. The summed E-state index contributed by atoms with van der Waals surface area (Å²) in [7, 11) is 0. The fraction of sp³-hybridized carbons (Fsp3) is 0.812. The number of nitriles is 1. The summed E-state index contributed by atoms with van der Waals surface area (Å²) in [5.41, 5.74) is -0.560. The molecule has 0 aliphatic carbocycles. The lowest BCUT2D eigenvalue weighted by Gasteiger charge is -2.36. The monoisotopic (exact) mass is 325 g/mol. The molecule has 1 rings (SSSR count). The standard InChI is InChI=1S/C16H27N3O4/c1-5-22-14(20)9-12-8-13(11-19(10-12)7-6-17)18-15(21)23-16(2,3)4/h12-13H,5,7-11H2,1-4H3,(H,18,21). The van der Waals surface area contributed by atoms with Crippen LogP contribution in [0.5, 0.6) is 0 Å². The van der Waals surface area contributed by atoms with Gasteiger partial charge in [0.05, 0.1) is 19.2 Å². The van der Waals surface area contributed by atoms with Crippen LogP contribution in [0.1, 0.15) is 40.5 Å². The molecule has 1 aliphatic heterocycles. The second kappa shape index (κ2) is 8.73. The summed E-state index contributed by atoms with van der Waals surface area (Å²) in [6.07, 6.45) is 0.485. The minimum atomic E-state index is -0.560. The Morgan fingerprint density at radius 2 is 2.04 bits per heavy atom. The molecule has 1 amide bonds. The summed E-state index contributed by atoms with van der Waals surface area (Å²) in [5, 5.41) is 11.7. The van der Waals surface area contributed by atoms with Crippen LogP contribution < -0.4 is 5.32 Å². The van der Waals surface area contributed by atoms with E-state index < -0.39 is 11.7 Å². The van der Waals surface area contributed by atoms with Gasteiger partial charge < -0.3 is 14.8 Å². The van der Waals surface area contributed by atoms with E-state index in [2.05, 4.69) is 11.4 Å². The summed E-state index contributed by atoms with van der Waals surface area (Å²) in [5.74, 6) is -0.191. The molecule has 1 heterocycles. The number of carbonyl (C=O) groups excluding carboxylic acids is 2. The van der Waals surface area contributed by atoms with E-state index in [1.54, 1.807) is 27.7 Å². The van der Waals surface area contributed by atoms with Gasteiger partial charge in [-0.05, 0) is 40.0 Å². The largest absolute Gasteiger partial charge is 0.466 e. The molecule has 1 aliphatic rings. The lowest BCUT2D eigenvalue weighted by atomic mass is 9.91. The van der Waals surface area contributed by atoms with Crippen LogP contribution in [0.3, 0.4) is 0 Å². The number of rotatable bonds is 5. The molecule has 1 saturated heterocycles. The minimum Gasteiger partial charge on any atom is -0.466 e. The molecule has 0 aromatic rings. The van der Waals surface area contributed by atoms with Crippen LogP contribution >= 0.6 is 0 Å². The van der Waals surface area contributed by atoms with Crippen LogP contribution in [-0.4, -0.2) is 54.8 Å².